The van der Waals surface area contributed by atoms with Gasteiger partial charge in [-0.25, -0.2) is 0 Å². The lowest BCUT2D eigenvalue weighted by atomic mass is 9.78. The highest BCUT2D eigenvalue weighted by Gasteiger charge is 2.33. The number of aliphatic hydroxyl groups excluding tert-OH is 1. The Balaban J connectivity index is 2.22. The van der Waals surface area contributed by atoms with Crippen LogP contribution in [0.3, 0.4) is 0 Å². The molecule has 0 spiro atoms. The molecule has 2 rings (SSSR count). The van der Waals surface area contributed by atoms with E-state index in [9.17, 15) is 18.3 Å². The molecule has 5 heteroatoms. The SMILES string of the molecule is CC1CCC(C(O)c2cc(C(F)(F)F)ccc2Br)CC1. The largest absolute Gasteiger partial charge is 0.416 e. The van der Waals surface area contributed by atoms with Crippen molar-refractivity contribution >= 4 is 15.9 Å². The van der Waals surface area contributed by atoms with Gasteiger partial charge in [-0.05, 0) is 48.4 Å². The van der Waals surface area contributed by atoms with Crippen LogP contribution in [-0.2, 0) is 6.18 Å². The molecule has 1 aliphatic carbocycles. The van der Waals surface area contributed by atoms with Gasteiger partial charge in [0.15, 0.2) is 0 Å². The molecule has 0 aliphatic heterocycles. The lowest BCUT2D eigenvalue weighted by Crippen LogP contribution is -2.20. The summed E-state index contributed by atoms with van der Waals surface area (Å²) in [6.45, 7) is 2.17. The monoisotopic (exact) mass is 350 g/mol. The number of hydrogen-bond donors (Lipinski definition) is 1. The summed E-state index contributed by atoms with van der Waals surface area (Å²) < 4.78 is 38.8. The van der Waals surface area contributed by atoms with Crippen molar-refractivity contribution in [1.82, 2.24) is 0 Å². The molecule has 0 saturated heterocycles. The van der Waals surface area contributed by atoms with Gasteiger partial charge >= 0.3 is 6.18 Å². The molecule has 1 N–H and O–H groups in total. The Morgan fingerprint density at radius 3 is 2.35 bits per heavy atom. The van der Waals surface area contributed by atoms with Gasteiger partial charge in [0.25, 0.3) is 0 Å². The summed E-state index contributed by atoms with van der Waals surface area (Å²) in [6.07, 6.45) is -1.43. The minimum absolute atomic E-state index is 0.0472. The van der Waals surface area contributed by atoms with E-state index in [-0.39, 0.29) is 5.92 Å². The van der Waals surface area contributed by atoms with Gasteiger partial charge in [-0.1, -0.05) is 35.7 Å². The van der Waals surface area contributed by atoms with Crippen molar-refractivity contribution in [3.63, 3.8) is 0 Å². The van der Waals surface area contributed by atoms with Crippen molar-refractivity contribution in [2.45, 2.75) is 44.9 Å². The van der Waals surface area contributed by atoms with Crippen LogP contribution in [0.5, 0.6) is 0 Å². The molecule has 20 heavy (non-hydrogen) atoms. The lowest BCUT2D eigenvalue weighted by Gasteiger charge is -2.30. The molecular formula is C15H18BrF3O. The third-order valence-electron chi connectivity index (χ3n) is 4.15. The van der Waals surface area contributed by atoms with Crippen molar-refractivity contribution in [3.05, 3.63) is 33.8 Å². The maximum atomic E-state index is 12.8. The van der Waals surface area contributed by atoms with Gasteiger partial charge in [0.2, 0.25) is 0 Å². The van der Waals surface area contributed by atoms with Crippen LogP contribution in [-0.4, -0.2) is 5.11 Å². The molecule has 0 bridgehead atoms. The van der Waals surface area contributed by atoms with E-state index in [0.29, 0.717) is 16.0 Å². The van der Waals surface area contributed by atoms with E-state index in [1.165, 1.54) is 6.07 Å². The summed E-state index contributed by atoms with van der Waals surface area (Å²) in [5.74, 6) is 0.689. The first kappa shape index (κ1) is 15.8. The fraction of sp³-hybridized carbons (Fsp3) is 0.600. The minimum Gasteiger partial charge on any atom is -0.388 e. The zero-order chi connectivity index (χ0) is 14.9. The topological polar surface area (TPSA) is 20.2 Å². The third kappa shape index (κ3) is 3.55. The lowest BCUT2D eigenvalue weighted by molar-refractivity contribution is -0.137. The Hall–Kier alpha value is -0.550. The molecule has 1 aromatic carbocycles. The minimum atomic E-state index is -4.38. The number of alkyl halides is 3. The van der Waals surface area contributed by atoms with Gasteiger partial charge in [-0.3, -0.25) is 0 Å². The van der Waals surface area contributed by atoms with Crippen molar-refractivity contribution < 1.29 is 18.3 Å². The summed E-state index contributed by atoms with van der Waals surface area (Å²) in [7, 11) is 0. The fourth-order valence-electron chi connectivity index (χ4n) is 2.80. The molecule has 1 aliphatic rings. The van der Waals surface area contributed by atoms with Crippen molar-refractivity contribution in [3.8, 4) is 0 Å². The molecule has 1 nitrogen and oxygen atoms in total. The fourth-order valence-corrected chi connectivity index (χ4v) is 3.28. The quantitative estimate of drug-likeness (QED) is 0.764. The molecule has 1 saturated carbocycles. The predicted octanol–water partition coefficient (Wildman–Crippen LogP) is 5.33. The molecule has 0 aromatic heterocycles. The Bertz CT molecular complexity index is 465. The molecule has 1 unspecified atom stereocenters. The van der Waals surface area contributed by atoms with E-state index in [1.807, 2.05) is 0 Å². The number of halogens is 4. The van der Waals surface area contributed by atoms with Crippen LogP contribution in [0.15, 0.2) is 22.7 Å². The molecule has 112 valence electrons. The van der Waals surface area contributed by atoms with Gasteiger partial charge in [-0.15, -0.1) is 0 Å². The van der Waals surface area contributed by atoms with Crippen LogP contribution in [0, 0.1) is 11.8 Å². The molecule has 0 radical (unpaired) electrons. The van der Waals surface area contributed by atoms with Gasteiger partial charge < -0.3 is 5.11 Å². The van der Waals surface area contributed by atoms with E-state index < -0.39 is 17.8 Å². The van der Waals surface area contributed by atoms with Gasteiger partial charge in [0, 0.05) is 4.47 Å². The highest BCUT2D eigenvalue weighted by atomic mass is 79.9. The Labute approximate surface area is 125 Å². The first-order valence-electron chi connectivity index (χ1n) is 6.83. The van der Waals surface area contributed by atoms with Crippen LogP contribution in [0.4, 0.5) is 13.2 Å². The van der Waals surface area contributed by atoms with E-state index in [1.54, 1.807) is 0 Å². The van der Waals surface area contributed by atoms with Gasteiger partial charge in [0.05, 0.1) is 11.7 Å². The van der Waals surface area contributed by atoms with Crippen LogP contribution >= 0.6 is 15.9 Å². The highest BCUT2D eigenvalue weighted by molar-refractivity contribution is 9.10. The van der Waals surface area contributed by atoms with E-state index in [2.05, 4.69) is 22.9 Å². The summed E-state index contributed by atoms with van der Waals surface area (Å²) in [6, 6.07) is 3.46. The summed E-state index contributed by atoms with van der Waals surface area (Å²) in [5, 5.41) is 10.4. The highest BCUT2D eigenvalue weighted by Crippen LogP contribution is 2.40. The molecular weight excluding hydrogens is 333 g/mol. The van der Waals surface area contributed by atoms with E-state index in [0.717, 1.165) is 37.8 Å². The summed E-state index contributed by atoms with van der Waals surface area (Å²) in [4.78, 5) is 0. The number of hydrogen-bond acceptors (Lipinski definition) is 1. The predicted molar refractivity (Wildman–Crippen MR) is 75.2 cm³/mol. The van der Waals surface area contributed by atoms with E-state index >= 15 is 0 Å². The third-order valence-corrected chi connectivity index (χ3v) is 4.87. The number of benzene rings is 1. The first-order chi connectivity index (χ1) is 9.29. The van der Waals surface area contributed by atoms with E-state index in [4.69, 9.17) is 0 Å². The Morgan fingerprint density at radius 2 is 1.80 bits per heavy atom. The van der Waals surface area contributed by atoms with Crippen LogP contribution in [0.25, 0.3) is 0 Å². The standard InChI is InChI=1S/C15H18BrF3O/c1-9-2-4-10(5-3-9)14(20)12-8-11(15(17,18)19)6-7-13(12)16/h6-10,14,20H,2-5H2,1H3. The first-order valence-corrected chi connectivity index (χ1v) is 7.63. The maximum Gasteiger partial charge on any atom is 0.416 e. The molecule has 1 atom stereocenters. The zero-order valence-corrected chi connectivity index (χ0v) is 12.8. The molecule has 1 fully saturated rings. The average Bonchev–Trinajstić information content (AvgIpc) is 2.38. The van der Waals surface area contributed by atoms with Crippen LogP contribution in [0.2, 0.25) is 0 Å². The molecule has 0 amide bonds. The Kier molecular flexibility index (Phi) is 4.80. The summed E-state index contributed by atoms with van der Waals surface area (Å²) in [5.41, 5.74) is -0.363. The van der Waals surface area contributed by atoms with Crippen molar-refractivity contribution in [1.29, 1.82) is 0 Å². The maximum absolute atomic E-state index is 12.8. The average molecular weight is 351 g/mol. The van der Waals surface area contributed by atoms with Crippen molar-refractivity contribution in [2.24, 2.45) is 11.8 Å². The normalized spacial score (nSPS) is 25.5. The second-order valence-corrected chi connectivity index (χ2v) is 6.55. The van der Waals surface area contributed by atoms with Crippen LogP contribution in [0.1, 0.15) is 49.8 Å². The Morgan fingerprint density at radius 1 is 1.20 bits per heavy atom. The van der Waals surface area contributed by atoms with Gasteiger partial charge in [0.1, 0.15) is 0 Å². The number of rotatable bonds is 2. The van der Waals surface area contributed by atoms with Gasteiger partial charge in [-0.2, -0.15) is 13.2 Å². The van der Waals surface area contributed by atoms with Crippen LogP contribution < -0.4 is 0 Å². The second-order valence-electron chi connectivity index (χ2n) is 5.70. The summed E-state index contributed by atoms with van der Waals surface area (Å²) >= 11 is 3.25. The molecule has 0 heterocycles. The van der Waals surface area contributed by atoms with Crippen molar-refractivity contribution in [2.75, 3.05) is 0 Å². The second kappa shape index (κ2) is 6.06. The number of aliphatic hydroxyl groups is 1. The smallest absolute Gasteiger partial charge is 0.388 e. The zero-order valence-electron chi connectivity index (χ0n) is 11.3. The molecule has 1 aromatic rings.